The van der Waals surface area contributed by atoms with Crippen LogP contribution in [-0.2, 0) is 11.2 Å². The standard InChI is InChI=1S/C13H21N3OS/c14-9-13(6-7-13)12-15-11(16-17-12)8-18-10-4-2-1-3-5-10/h10H,1-9,14H2. The molecule has 0 aromatic carbocycles. The van der Waals surface area contributed by atoms with Crippen LogP contribution in [0, 0.1) is 0 Å². The second kappa shape index (κ2) is 5.21. The van der Waals surface area contributed by atoms with E-state index in [1.165, 1.54) is 32.1 Å². The molecule has 2 saturated carbocycles. The Morgan fingerprint density at radius 2 is 2.06 bits per heavy atom. The zero-order chi connectivity index (χ0) is 12.4. The molecule has 1 heterocycles. The van der Waals surface area contributed by atoms with E-state index in [4.69, 9.17) is 10.3 Å². The van der Waals surface area contributed by atoms with E-state index in [0.29, 0.717) is 6.54 Å². The fraction of sp³-hybridized carbons (Fsp3) is 0.846. The molecular weight excluding hydrogens is 246 g/mol. The molecule has 2 aliphatic carbocycles. The van der Waals surface area contributed by atoms with Crippen LogP contribution in [0.4, 0.5) is 0 Å². The second-order valence-corrected chi connectivity index (χ2v) is 6.86. The summed E-state index contributed by atoms with van der Waals surface area (Å²) in [6.07, 6.45) is 9.06. The van der Waals surface area contributed by atoms with Crippen molar-refractivity contribution in [3.63, 3.8) is 0 Å². The predicted molar refractivity (Wildman–Crippen MR) is 72.4 cm³/mol. The summed E-state index contributed by atoms with van der Waals surface area (Å²) >= 11 is 1.99. The molecule has 2 aliphatic rings. The van der Waals surface area contributed by atoms with Gasteiger partial charge in [-0.2, -0.15) is 16.7 Å². The zero-order valence-electron chi connectivity index (χ0n) is 10.7. The van der Waals surface area contributed by atoms with Crippen LogP contribution in [0.25, 0.3) is 0 Å². The van der Waals surface area contributed by atoms with Crippen LogP contribution in [0.5, 0.6) is 0 Å². The number of hydrogen-bond acceptors (Lipinski definition) is 5. The Bertz CT molecular complexity index is 397. The molecule has 0 aliphatic heterocycles. The maximum Gasteiger partial charge on any atom is 0.234 e. The van der Waals surface area contributed by atoms with Crippen LogP contribution in [0.15, 0.2) is 4.52 Å². The molecule has 1 aromatic rings. The average Bonchev–Trinajstić information content (AvgIpc) is 3.09. The second-order valence-electron chi connectivity index (χ2n) is 5.57. The molecule has 5 heteroatoms. The summed E-state index contributed by atoms with van der Waals surface area (Å²) in [5.41, 5.74) is 5.80. The van der Waals surface area contributed by atoms with E-state index in [-0.39, 0.29) is 5.41 Å². The number of thioether (sulfide) groups is 1. The third-order valence-corrected chi connectivity index (χ3v) is 5.53. The Labute approximate surface area is 112 Å². The van der Waals surface area contributed by atoms with Gasteiger partial charge in [0.1, 0.15) is 0 Å². The number of aromatic nitrogens is 2. The fourth-order valence-electron chi connectivity index (χ4n) is 2.61. The van der Waals surface area contributed by atoms with Crippen LogP contribution in [0.2, 0.25) is 0 Å². The average molecular weight is 267 g/mol. The van der Waals surface area contributed by atoms with E-state index in [1.807, 2.05) is 11.8 Å². The van der Waals surface area contributed by atoms with Gasteiger partial charge < -0.3 is 10.3 Å². The Kier molecular flexibility index (Phi) is 3.61. The molecule has 0 amide bonds. The van der Waals surface area contributed by atoms with Crippen LogP contribution < -0.4 is 5.73 Å². The molecule has 2 fully saturated rings. The lowest BCUT2D eigenvalue weighted by Crippen LogP contribution is -2.20. The SMILES string of the molecule is NCC1(c2nc(CSC3CCCCC3)no2)CC1. The minimum Gasteiger partial charge on any atom is -0.339 e. The van der Waals surface area contributed by atoms with E-state index in [1.54, 1.807) is 0 Å². The van der Waals surface area contributed by atoms with Gasteiger partial charge in [0.25, 0.3) is 0 Å². The Morgan fingerprint density at radius 1 is 1.28 bits per heavy atom. The molecule has 100 valence electrons. The maximum atomic E-state index is 5.77. The maximum absolute atomic E-state index is 5.77. The van der Waals surface area contributed by atoms with Crippen molar-refractivity contribution in [1.29, 1.82) is 0 Å². The summed E-state index contributed by atoms with van der Waals surface area (Å²) in [6, 6.07) is 0. The minimum atomic E-state index is 0.0285. The number of nitrogens with two attached hydrogens (primary N) is 1. The van der Waals surface area contributed by atoms with Gasteiger partial charge in [0.2, 0.25) is 5.89 Å². The van der Waals surface area contributed by atoms with Crippen molar-refractivity contribution in [2.75, 3.05) is 6.54 Å². The first kappa shape index (κ1) is 12.5. The first-order valence-electron chi connectivity index (χ1n) is 6.97. The van der Waals surface area contributed by atoms with Crippen molar-refractivity contribution < 1.29 is 4.52 Å². The van der Waals surface area contributed by atoms with Gasteiger partial charge in [0.15, 0.2) is 5.82 Å². The smallest absolute Gasteiger partial charge is 0.234 e. The highest BCUT2D eigenvalue weighted by molar-refractivity contribution is 7.99. The summed E-state index contributed by atoms with van der Waals surface area (Å²) in [7, 11) is 0. The van der Waals surface area contributed by atoms with Gasteiger partial charge in [-0.25, -0.2) is 0 Å². The molecular formula is C13H21N3OS. The largest absolute Gasteiger partial charge is 0.339 e. The molecule has 0 atom stereocenters. The quantitative estimate of drug-likeness (QED) is 0.888. The van der Waals surface area contributed by atoms with Gasteiger partial charge in [-0.1, -0.05) is 24.4 Å². The molecule has 1 aromatic heterocycles. The molecule has 0 bridgehead atoms. The van der Waals surface area contributed by atoms with E-state index >= 15 is 0 Å². The van der Waals surface area contributed by atoms with Gasteiger partial charge in [-0.15, -0.1) is 0 Å². The van der Waals surface area contributed by atoms with Crippen molar-refractivity contribution >= 4 is 11.8 Å². The molecule has 4 nitrogen and oxygen atoms in total. The highest BCUT2D eigenvalue weighted by atomic mass is 32.2. The lowest BCUT2D eigenvalue weighted by molar-refractivity contribution is 0.344. The monoisotopic (exact) mass is 267 g/mol. The fourth-order valence-corrected chi connectivity index (χ4v) is 3.78. The number of hydrogen-bond donors (Lipinski definition) is 1. The third-order valence-electron chi connectivity index (χ3n) is 4.17. The topological polar surface area (TPSA) is 64.9 Å². The Hall–Kier alpha value is -0.550. The summed E-state index contributed by atoms with van der Waals surface area (Å²) in [6.45, 7) is 0.629. The summed E-state index contributed by atoms with van der Waals surface area (Å²) in [5.74, 6) is 2.50. The van der Waals surface area contributed by atoms with Crippen LogP contribution in [-0.4, -0.2) is 21.9 Å². The van der Waals surface area contributed by atoms with Crippen LogP contribution >= 0.6 is 11.8 Å². The molecule has 2 N–H and O–H groups in total. The van der Waals surface area contributed by atoms with Gasteiger partial charge in [0, 0.05) is 11.8 Å². The lowest BCUT2D eigenvalue weighted by Gasteiger charge is -2.20. The van der Waals surface area contributed by atoms with E-state index in [2.05, 4.69) is 10.1 Å². The molecule has 0 saturated heterocycles. The molecule has 0 radical (unpaired) electrons. The van der Waals surface area contributed by atoms with Crippen LogP contribution in [0.3, 0.4) is 0 Å². The number of nitrogens with zero attached hydrogens (tertiary/aromatic N) is 2. The van der Waals surface area contributed by atoms with Crippen molar-refractivity contribution in [2.45, 2.75) is 61.4 Å². The molecule has 18 heavy (non-hydrogen) atoms. The molecule has 0 unspecified atom stereocenters. The van der Waals surface area contributed by atoms with E-state index in [0.717, 1.165) is 35.6 Å². The zero-order valence-corrected chi connectivity index (χ0v) is 11.5. The normalized spacial score (nSPS) is 23.2. The molecule has 3 rings (SSSR count). The highest BCUT2D eigenvalue weighted by Crippen LogP contribution is 2.46. The first-order valence-corrected chi connectivity index (χ1v) is 8.02. The third kappa shape index (κ3) is 2.57. The van der Waals surface area contributed by atoms with Gasteiger partial charge in [0.05, 0.1) is 11.2 Å². The van der Waals surface area contributed by atoms with Crippen LogP contribution in [0.1, 0.15) is 56.7 Å². The first-order chi connectivity index (χ1) is 8.82. The van der Waals surface area contributed by atoms with E-state index in [9.17, 15) is 0 Å². The number of rotatable bonds is 5. The van der Waals surface area contributed by atoms with Crippen molar-refractivity contribution in [2.24, 2.45) is 5.73 Å². The van der Waals surface area contributed by atoms with E-state index < -0.39 is 0 Å². The Balaban J connectivity index is 1.54. The van der Waals surface area contributed by atoms with Crippen molar-refractivity contribution in [3.8, 4) is 0 Å². The van der Waals surface area contributed by atoms with Gasteiger partial charge in [-0.3, -0.25) is 0 Å². The predicted octanol–water partition coefficient (Wildman–Crippen LogP) is 2.63. The molecule has 0 spiro atoms. The van der Waals surface area contributed by atoms with Gasteiger partial charge >= 0.3 is 0 Å². The highest BCUT2D eigenvalue weighted by Gasteiger charge is 2.48. The summed E-state index contributed by atoms with van der Waals surface area (Å²) in [5, 5.41) is 4.89. The lowest BCUT2D eigenvalue weighted by atomic mass is 10.0. The Morgan fingerprint density at radius 3 is 2.72 bits per heavy atom. The summed E-state index contributed by atoms with van der Waals surface area (Å²) in [4.78, 5) is 4.52. The minimum absolute atomic E-state index is 0.0285. The van der Waals surface area contributed by atoms with Crippen molar-refractivity contribution in [3.05, 3.63) is 11.7 Å². The van der Waals surface area contributed by atoms with Gasteiger partial charge in [-0.05, 0) is 25.7 Å². The summed E-state index contributed by atoms with van der Waals surface area (Å²) < 4.78 is 5.37. The van der Waals surface area contributed by atoms with Crippen molar-refractivity contribution in [1.82, 2.24) is 10.1 Å².